The van der Waals surface area contributed by atoms with Crippen LogP contribution in [0.15, 0.2) is 23.1 Å². The first-order chi connectivity index (χ1) is 10.2. The molecule has 22 heavy (non-hydrogen) atoms. The number of nitrogens with zero attached hydrogens (tertiary/aromatic N) is 1. The third-order valence-electron chi connectivity index (χ3n) is 3.24. The largest absolute Gasteiger partial charge is 0.464 e. The Morgan fingerprint density at radius 2 is 1.91 bits per heavy atom. The fraction of sp³-hybridized carbons (Fsp3) is 0.467. The number of ether oxygens (including phenoxy) is 1. The van der Waals surface area contributed by atoms with E-state index in [0.29, 0.717) is 4.90 Å². The molecule has 0 bridgehead atoms. The van der Waals surface area contributed by atoms with Gasteiger partial charge in [0, 0.05) is 11.9 Å². The molecule has 0 heterocycles. The number of hydrogen-bond acceptors (Lipinski definition) is 4. The summed E-state index contributed by atoms with van der Waals surface area (Å²) in [5.41, 5.74) is -1.10. The summed E-state index contributed by atoms with van der Waals surface area (Å²) in [4.78, 5) is 25.7. The molecule has 0 spiro atoms. The number of likely N-dealkylation sites (N-methyl/N-ethyl adjacent to an activating group) is 1. The molecular weight excluding hydrogens is 312 g/mol. The van der Waals surface area contributed by atoms with Gasteiger partial charge in [-0.2, -0.15) is 0 Å². The van der Waals surface area contributed by atoms with Crippen molar-refractivity contribution in [2.75, 3.05) is 19.4 Å². The summed E-state index contributed by atoms with van der Waals surface area (Å²) >= 11 is 1.07. The summed E-state index contributed by atoms with van der Waals surface area (Å²) in [7, 11) is 1.51. The first-order valence-corrected chi connectivity index (χ1v) is 7.70. The lowest BCUT2D eigenvalue weighted by Gasteiger charge is -2.33. The molecule has 1 amide bonds. The van der Waals surface area contributed by atoms with Gasteiger partial charge in [0.25, 0.3) is 0 Å². The lowest BCUT2D eigenvalue weighted by molar-refractivity contribution is -0.159. The van der Waals surface area contributed by atoms with E-state index >= 15 is 0 Å². The van der Waals surface area contributed by atoms with Crippen molar-refractivity contribution in [1.29, 1.82) is 0 Å². The zero-order valence-electron chi connectivity index (χ0n) is 13.0. The summed E-state index contributed by atoms with van der Waals surface area (Å²) < 4.78 is 30.9. The van der Waals surface area contributed by atoms with Gasteiger partial charge in [0.2, 0.25) is 5.91 Å². The molecule has 0 radical (unpaired) electrons. The Hall–Kier alpha value is -1.63. The van der Waals surface area contributed by atoms with Crippen LogP contribution in [-0.4, -0.2) is 41.7 Å². The van der Waals surface area contributed by atoms with Crippen molar-refractivity contribution in [3.63, 3.8) is 0 Å². The molecule has 1 rings (SSSR count). The smallest absolute Gasteiger partial charge is 0.331 e. The molecule has 0 fully saturated rings. The minimum atomic E-state index is -1.10. The van der Waals surface area contributed by atoms with Gasteiger partial charge in [-0.25, -0.2) is 13.6 Å². The molecule has 0 aromatic heterocycles. The van der Waals surface area contributed by atoms with Crippen LogP contribution in [0.25, 0.3) is 0 Å². The van der Waals surface area contributed by atoms with Crippen molar-refractivity contribution in [2.24, 2.45) is 0 Å². The van der Waals surface area contributed by atoms with Gasteiger partial charge in [-0.3, -0.25) is 4.79 Å². The van der Waals surface area contributed by atoms with Crippen molar-refractivity contribution in [1.82, 2.24) is 4.90 Å². The maximum Gasteiger partial charge on any atom is 0.331 e. The topological polar surface area (TPSA) is 46.6 Å². The summed E-state index contributed by atoms with van der Waals surface area (Å²) in [6.07, 6.45) is 0. The predicted octanol–water partition coefficient (Wildman–Crippen LogP) is 2.86. The highest BCUT2D eigenvalue weighted by molar-refractivity contribution is 8.00. The highest BCUT2D eigenvalue weighted by Crippen LogP contribution is 2.22. The Kier molecular flexibility index (Phi) is 6.34. The van der Waals surface area contributed by atoms with Crippen LogP contribution in [0.1, 0.15) is 20.8 Å². The number of thioether (sulfide) groups is 1. The Bertz CT molecular complexity index is 564. The quantitative estimate of drug-likeness (QED) is 0.594. The van der Waals surface area contributed by atoms with Gasteiger partial charge in [-0.1, -0.05) is 0 Å². The molecule has 0 atom stereocenters. The molecular formula is C15H19F2NO3S. The lowest BCUT2D eigenvalue weighted by atomic mass is 10.0. The highest BCUT2D eigenvalue weighted by Gasteiger charge is 2.36. The third kappa shape index (κ3) is 4.43. The van der Waals surface area contributed by atoms with Gasteiger partial charge in [0.1, 0.15) is 5.54 Å². The van der Waals surface area contributed by atoms with Crippen LogP contribution >= 0.6 is 11.8 Å². The zero-order valence-corrected chi connectivity index (χ0v) is 13.8. The van der Waals surface area contributed by atoms with Crippen LogP contribution in [0.5, 0.6) is 0 Å². The van der Waals surface area contributed by atoms with Crippen molar-refractivity contribution < 1.29 is 23.1 Å². The molecule has 0 saturated heterocycles. The van der Waals surface area contributed by atoms with Crippen LogP contribution < -0.4 is 0 Å². The van der Waals surface area contributed by atoms with Gasteiger partial charge < -0.3 is 9.64 Å². The molecule has 1 aromatic rings. The van der Waals surface area contributed by atoms with Crippen LogP contribution in [0.3, 0.4) is 0 Å². The van der Waals surface area contributed by atoms with Crippen molar-refractivity contribution in [3.8, 4) is 0 Å². The first-order valence-electron chi connectivity index (χ1n) is 6.71. The summed E-state index contributed by atoms with van der Waals surface area (Å²) in [5, 5.41) is 0. The van der Waals surface area contributed by atoms with E-state index in [2.05, 4.69) is 0 Å². The summed E-state index contributed by atoms with van der Waals surface area (Å²) in [6.45, 7) is 5.10. The van der Waals surface area contributed by atoms with Crippen LogP contribution in [0.4, 0.5) is 8.78 Å². The Morgan fingerprint density at radius 1 is 1.27 bits per heavy atom. The van der Waals surface area contributed by atoms with Crippen molar-refractivity contribution in [2.45, 2.75) is 31.2 Å². The zero-order chi connectivity index (χ0) is 16.9. The molecule has 0 N–H and O–H groups in total. The van der Waals surface area contributed by atoms with Gasteiger partial charge in [0.15, 0.2) is 11.6 Å². The van der Waals surface area contributed by atoms with Crippen LogP contribution in [0.2, 0.25) is 0 Å². The fourth-order valence-electron chi connectivity index (χ4n) is 1.56. The minimum absolute atomic E-state index is 0.00437. The molecule has 0 aliphatic rings. The molecule has 0 unspecified atom stereocenters. The van der Waals surface area contributed by atoms with E-state index in [4.69, 9.17) is 4.74 Å². The number of esters is 1. The van der Waals surface area contributed by atoms with E-state index in [-0.39, 0.29) is 18.3 Å². The van der Waals surface area contributed by atoms with Crippen molar-refractivity contribution in [3.05, 3.63) is 29.8 Å². The lowest BCUT2D eigenvalue weighted by Crippen LogP contribution is -2.52. The second-order valence-corrected chi connectivity index (χ2v) is 6.15. The SMILES string of the molecule is CCOC(=O)C(C)(C)N(C)C(=O)CSc1ccc(F)c(F)c1. The van der Waals surface area contributed by atoms with E-state index in [9.17, 15) is 18.4 Å². The van der Waals surface area contributed by atoms with E-state index in [1.54, 1.807) is 20.8 Å². The Morgan fingerprint density at radius 3 is 2.45 bits per heavy atom. The van der Waals surface area contributed by atoms with Gasteiger partial charge in [0.05, 0.1) is 12.4 Å². The number of carbonyl (C=O) groups excluding carboxylic acids is 2. The maximum absolute atomic E-state index is 13.1. The maximum atomic E-state index is 13.1. The molecule has 7 heteroatoms. The number of amides is 1. The molecule has 122 valence electrons. The van der Waals surface area contributed by atoms with Crippen LogP contribution in [0, 0.1) is 11.6 Å². The van der Waals surface area contributed by atoms with Gasteiger partial charge >= 0.3 is 5.97 Å². The van der Waals surface area contributed by atoms with Gasteiger partial charge in [-0.15, -0.1) is 11.8 Å². The summed E-state index contributed by atoms with van der Waals surface area (Å²) in [5.74, 6) is -2.70. The number of benzene rings is 1. The second kappa shape index (κ2) is 7.58. The van der Waals surface area contributed by atoms with E-state index in [0.717, 1.165) is 23.9 Å². The molecule has 0 aliphatic heterocycles. The van der Waals surface area contributed by atoms with Gasteiger partial charge in [-0.05, 0) is 39.0 Å². The molecule has 0 aliphatic carbocycles. The number of rotatable bonds is 6. The normalized spacial score (nSPS) is 11.2. The van der Waals surface area contributed by atoms with E-state index in [1.165, 1.54) is 18.0 Å². The van der Waals surface area contributed by atoms with Crippen molar-refractivity contribution >= 4 is 23.6 Å². The number of hydrogen-bond donors (Lipinski definition) is 0. The summed E-state index contributed by atoms with van der Waals surface area (Å²) in [6, 6.07) is 3.44. The average Bonchev–Trinajstić information content (AvgIpc) is 2.47. The van der Waals surface area contributed by atoms with E-state index in [1.807, 2.05) is 0 Å². The molecule has 4 nitrogen and oxygen atoms in total. The highest BCUT2D eigenvalue weighted by atomic mass is 32.2. The molecule has 0 saturated carbocycles. The fourth-order valence-corrected chi connectivity index (χ4v) is 2.40. The second-order valence-electron chi connectivity index (χ2n) is 5.10. The minimum Gasteiger partial charge on any atom is -0.464 e. The van der Waals surface area contributed by atoms with Crippen LogP contribution in [-0.2, 0) is 14.3 Å². The predicted molar refractivity (Wildman–Crippen MR) is 80.6 cm³/mol. The Balaban J connectivity index is 2.67. The standard InChI is InChI=1S/C15H19F2NO3S/c1-5-21-14(20)15(2,3)18(4)13(19)9-22-10-6-7-11(16)12(17)8-10/h6-8H,5,9H2,1-4H3. The van der Waals surface area contributed by atoms with E-state index < -0.39 is 23.1 Å². The Labute approximate surface area is 132 Å². The third-order valence-corrected chi connectivity index (χ3v) is 4.22. The molecule has 1 aromatic carbocycles. The monoisotopic (exact) mass is 331 g/mol. The number of carbonyl (C=O) groups is 2. The number of halogens is 2. The first kappa shape index (κ1) is 18.4. The average molecular weight is 331 g/mol.